The van der Waals surface area contributed by atoms with Crippen molar-refractivity contribution >= 4 is 41.7 Å². The number of thioether (sulfide) groups is 1. The number of rotatable bonds is 6. The summed E-state index contributed by atoms with van der Waals surface area (Å²) in [5, 5.41) is 0.759. The Kier molecular flexibility index (Phi) is 9.37. The molecule has 0 aliphatic carbocycles. The number of halogens is 2. The van der Waals surface area contributed by atoms with Crippen molar-refractivity contribution in [2.45, 2.75) is 43.5 Å². The summed E-state index contributed by atoms with van der Waals surface area (Å²) in [5.74, 6) is 1.83. The summed E-state index contributed by atoms with van der Waals surface area (Å²) >= 11 is 7.64. The fourth-order valence-electron chi connectivity index (χ4n) is 2.78. The van der Waals surface area contributed by atoms with Gasteiger partial charge < -0.3 is 10.6 Å². The van der Waals surface area contributed by atoms with Crippen LogP contribution in [-0.2, 0) is 4.79 Å². The zero-order valence-electron chi connectivity index (χ0n) is 13.5. The standard InChI is InChI=1S/C17H25ClN2OS.ClH/c1-13(19)14-8-10-20(11-9-14)17(21)3-2-12-22-16-6-4-15(18)5-7-16;/h4-7,13-14H,2-3,8-12,19H2,1H3;1H. The van der Waals surface area contributed by atoms with Gasteiger partial charge in [0.25, 0.3) is 0 Å². The average Bonchev–Trinajstić information content (AvgIpc) is 2.53. The lowest BCUT2D eigenvalue weighted by molar-refractivity contribution is -0.132. The van der Waals surface area contributed by atoms with Crippen LogP contribution < -0.4 is 5.73 Å². The van der Waals surface area contributed by atoms with Crippen molar-refractivity contribution in [2.24, 2.45) is 11.7 Å². The Balaban J connectivity index is 0.00000264. The van der Waals surface area contributed by atoms with Crippen molar-refractivity contribution < 1.29 is 4.79 Å². The van der Waals surface area contributed by atoms with Crippen LogP contribution in [0.25, 0.3) is 0 Å². The van der Waals surface area contributed by atoms with E-state index in [4.69, 9.17) is 17.3 Å². The highest BCUT2D eigenvalue weighted by atomic mass is 35.5. The van der Waals surface area contributed by atoms with Crippen LogP contribution in [0, 0.1) is 5.92 Å². The number of nitrogens with zero attached hydrogens (tertiary/aromatic N) is 1. The fraction of sp³-hybridized carbons (Fsp3) is 0.588. The summed E-state index contributed by atoms with van der Waals surface area (Å²) in [6, 6.07) is 8.09. The molecule has 1 aliphatic rings. The topological polar surface area (TPSA) is 46.3 Å². The van der Waals surface area contributed by atoms with E-state index < -0.39 is 0 Å². The highest BCUT2D eigenvalue weighted by molar-refractivity contribution is 7.99. The Labute approximate surface area is 154 Å². The van der Waals surface area contributed by atoms with Crippen molar-refractivity contribution in [1.82, 2.24) is 4.90 Å². The summed E-state index contributed by atoms with van der Waals surface area (Å²) in [4.78, 5) is 15.4. The van der Waals surface area contributed by atoms with E-state index in [1.165, 1.54) is 4.90 Å². The lowest BCUT2D eigenvalue weighted by Crippen LogP contribution is -2.42. The van der Waals surface area contributed by atoms with Gasteiger partial charge >= 0.3 is 0 Å². The van der Waals surface area contributed by atoms with Crippen molar-refractivity contribution in [2.75, 3.05) is 18.8 Å². The van der Waals surface area contributed by atoms with Crippen LogP contribution in [0.3, 0.4) is 0 Å². The Bertz CT molecular complexity index is 474. The molecule has 0 bridgehead atoms. The molecule has 1 saturated heterocycles. The monoisotopic (exact) mass is 376 g/mol. The van der Waals surface area contributed by atoms with Crippen LogP contribution in [0.1, 0.15) is 32.6 Å². The number of piperidine rings is 1. The second kappa shape index (κ2) is 10.4. The molecule has 0 aromatic heterocycles. The maximum absolute atomic E-state index is 12.2. The maximum atomic E-state index is 12.2. The number of carbonyl (C=O) groups is 1. The third-order valence-corrected chi connectivity index (χ3v) is 5.60. The number of amides is 1. The quantitative estimate of drug-likeness (QED) is 0.596. The van der Waals surface area contributed by atoms with E-state index in [0.29, 0.717) is 18.2 Å². The van der Waals surface area contributed by atoms with Gasteiger partial charge in [0.15, 0.2) is 0 Å². The van der Waals surface area contributed by atoms with Crippen LogP contribution in [0.15, 0.2) is 29.2 Å². The van der Waals surface area contributed by atoms with Crippen molar-refractivity contribution in [3.63, 3.8) is 0 Å². The number of benzene rings is 1. The molecule has 1 aromatic carbocycles. The SMILES string of the molecule is CC(N)C1CCN(C(=O)CCCSc2ccc(Cl)cc2)CC1.Cl. The van der Waals surface area contributed by atoms with E-state index in [1.807, 2.05) is 29.2 Å². The zero-order valence-corrected chi connectivity index (χ0v) is 15.9. The van der Waals surface area contributed by atoms with Gasteiger partial charge in [-0.1, -0.05) is 11.6 Å². The molecule has 1 heterocycles. The maximum Gasteiger partial charge on any atom is 0.222 e. The molecule has 1 fully saturated rings. The first-order valence-electron chi connectivity index (χ1n) is 7.98. The van der Waals surface area contributed by atoms with Gasteiger partial charge in [0, 0.05) is 35.5 Å². The lowest BCUT2D eigenvalue weighted by atomic mass is 9.91. The van der Waals surface area contributed by atoms with Gasteiger partial charge in [-0.05, 0) is 62.1 Å². The first-order chi connectivity index (χ1) is 10.6. The minimum absolute atomic E-state index is 0. The molecule has 0 saturated carbocycles. The van der Waals surface area contributed by atoms with E-state index in [0.717, 1.165) is 43.1 Å². The van der Waals surface area contributed by atoms with Gasteiger partial charge in [0.2, 0.25) is 5.91 Å². The van der Waals surface area contributed by atoms with Crippen LogP contribution >= 0.6 is 35.8 Å². The molecule has 0 spiro atoms. The second-order valence-electron chi connectivity index (χ2n) is 5.98. The summed E-state index contributed by atoms with van der Waals surface area (Å²) in [6.45, 7) is 3.81. The molecular weight excluding hydrogens is 351 g/mol. The summed E-state index contributed by atoms with van der Waals surface area (Å²) in [7, 11) is 0. The third-order valence-electron chi connectivity index (χ3n) is 4.25. The zero-order chi connectivity index (χ0) is 15.9. The molecule has 23 heavy (non-hydrogen) atoms. The normalized spacial score (nSPS) is 16.7. The average molecular weight is 377 g/mol. The van der Waals surface area contributed by atoms with E-state index in [1.54, 1.807) is 11.8 Å². The summed E-state index contributed by atoms with van der Waals surface area (Å²) in [6.07, 6.45) is 3.65. The number of hydrogen-bond donors (Lipinski definition) is 1. The highest BCUT2D eigenvalue weighted by Gasteiger charge is 2.24. The predicted octanol–water partition coefficient (Wildman–Crippen LogP) is 4.22. The van der Waals surface area contributed by atoms with Gasteiger partial charge in [0.05, 0.1) is 0 Å². The minimum atomic E-state index is 0. The Morgan fingerprint density at radius 2 is 1.96 bits per heavy atom. The second-order valence-corrected chi connectivity index (χ2v) is 7.59. The lowest BCUT2D eigenvalue weighted by Gasteiger charge is -2.33. The molecular formula is C17H26Cl2N2OS. The Hall–Kier alpha value is -0.420. The summed E-state index contributed by atoms with van der Waals surface area (Å²) in [5.41, 5.74) is 5.94. The minimum Gasteiger partial charge on any atom is -0.343 e. The molecule has 1 unspecified atom stereocenters. The molecule has 0 radical (unpaired) electrons. The van der Waals surface area contributed by atoms with Gasteiger partial charge in [0.1, 0.15) is 0 Å². The van der Waals surface area contributed by atoms with Crippen molar-refractivity contribution in [3.05, 3.63) is 29.3 Å². The van der Waals surface area contributed by atoms with E-state index in [-0.39, 0.29) is 18.4 Å². The van der Waals surface area contributed by atoms with Gasteiger partial charge in [-0.25, -0.2) is 0 Å². The van der Waals surface area contributed by atoms with Gasteiger partial charge in [-0.3, -0.25) is 4.79 Å². The first kappa shape index (κ1) is 20.6. The van der Waals surface area contributed by atoms with Gasteiger partial charge in [-0.2, -0.15) is 0 Å². The molecule has 2 N–H and O–H groups in total. The molecule has 1 atom stereocenters. The number of carbonyl (C=O) groups excluding carboxylic acids is 1. The molecule has 1 amide bonds. The number of hydrogen-bond acceptors (Lipinski definition) is 3. The van der Waals surface area contributed by atoms with E-state index in [9.17, 15) is 4.79 Å². The van der Waals surface area contributed by atoms with E-state index >= 15 is 0 Å². The van der Waals surface area contributed by atoms with Crippen molar-refractivity contribution in [1.29, 1.82) is 0 Å². The molecule has 6 heteroatoms. The fourth-order valence-corrected chi connectivity index (χ4v) is 3.76. The molecule has 3 nitrogen and oxygen atoms in total. The van der Waals surface area contributed by atoms with Crippen LogP contribution in [0.2, 0.25) is 5.02 Å². The molecule has 2 rings (SSSR count). The predicted molar refractivity (Wildman–Crippen MR) is 102 cm³/mol. The van der Waals surface area contributed by atoms with Crippen LogP contribution in [-0.4, -0.2) is 35.7 Å². The van der Waals surface area contributed by atoms with E-state index in [2.05, 4.69) is 6.92 Å². The van der Waals surface area contributed by atoms with Crippen molar-refractivity contribution in [3.8, 4) is 0 Å². The van der Waals surface area contributed by atoms with Crippen LogP contribution in [0.4, 0.5) is 0 Å². The number of nitrogens with two attached hydrogens (primary N) is 1. The third kappa shape index (κ3) is 6.92. The summed E-state index contributed by atoms with van der Waals surface area (Å²) < 4.78 is 0. The number of likely N-dealkylation sites (tertiary alicyclic amines) is 1. The van der Waals surface area contributed by atoms with Gasteiger partial charge in [-0.15, -0.1) is 24.2 Å². The Morgan fingerprint density at radius 1 is 1.35 bits per heavy atom. The first-order valence-corrected chi connectivity index (χ1v) is 9.34. The molecule has 1 aliphatic heterocycles. The smallest absolute Gasteiger partial charge is 0.222 e. The van der Waals surface area contributed by atoms with Crippen LogP contribution in [0.5, 0.6) is 0 Å². The Morgan fingerprint density at radius 3 is 2.52 bits per heavy atom. The highest BCUT2D eigenvalue weighted by Crippen LogP contribution is 2.23. The molecule has 1 aromatic rings. The largest absolute Gasteiger partial charge is 0.343 e. The molecule has 130 valence electrons.